The predicted molar refractivity (Wildman–Crippen MR) is 124 cm³/mol. The zero-order valence-corrected chi connectivity index (χ0v) is 19.1. The fourth-order valence-electron chi connectivity index (χ4n) is 3.00. The van der Waals surface area contributed by atoms with Crippen molar-refractivity contribution >= 4 is 21.6 Å². The minimum atomic E-state index is -3.86. The highest BCUT2D eigenvalue weighted by atomic mass is 32.2. The molecule has 3 aromatic carbocycles. The minimum absolute atomic E-state index is 0.00331. The normalized spacial score (nSPS) is 11.0. The van der Waals surface area contributed by atoms with E-state index in [-0.39, 0.29) is 16.4 Å². The molecule has 0 spiro atoms. The quantitative estimate of drug-likeness (QED) is 0.529. The van der Waals surface area contributed by atoms with Crippen molar-refractivity contribution in [3.63, 3.8) is 0 Å². The van der Waals surface area contributed by atoms with E-state index < -0.39 is 10.0 Å². The Morgan fingerprint density at radius 3 is 2.38 bits per heavy atom. The summed E-state index contributed by atoms with van der Waals surface area (Å²) in [6.07, 6.45) is 0. The van der Waals surface area contributed by atoms with Gasteiger partial charge in [0.25, 0.3) is 15.9 Å². The number of aryl methyl sites for hydroxylation is 1. The van der Waals surface area contributed by atoms with Crippen LogP contribution >= 0.6 is 0 Å². The van der Waals surface area contributed by atoms with E-state index >= 15 is 0 Å². The summed E-state index contributed by atoms with van der Waals surface area (Å²) in [5.41, 5.74) is 1.77. The maximum absolute atomic E-state index is 12.8. The van der Waals surface area contributed by atoms with Gasteiger partial charge in [-0.1, -0.05) is 18.2 Å². The molecule has 1 N–H and O–H groups in total. The van der Waals surface area contributed by atoms with Crippen molar-refractivity contribution in [2.24, 2.45) is 0 Å². The Hall–Kier alpha value is -3.52. The first-order valence-electron chi connectivity index (χ1n) is 10.0. The van der Waals surface area contributed by atoms with Crippen molar-refractivity contribution in [2.45, 2.75) is 11.8 Å². The minimum Gasteiger partial charge on any atom is -0.497 e. The van der Waals surface area contributed by atoms with E-state index in [1.165, 1.54) is 24.1 Å². The highest BCUT2D eigenvalue weighted by Gasteiger charge is 2.18. The first kappa shape index (κ1) is 23.1. The van der Waals surface area contributed by atoms with Gasteiger partial charge in [0, 0.05) is 18.3 Å². The third kappa shape index (κ3) is 6.01. The second kappa shape index (κ2) is 10.2. The van der Waals surface area contributed by atoms with Crippen molar-refractivity contribution in [1.82, 2.24) is 4.90 Å². The molecular formula is C24H26N2O5S. The Morgan fingerprint density at radius 1 is 0.969 bits per heavy atom. The predicted octanol–water partition coefficient (Wildman–Crippen LogP) is 3.96. The molecule has 0 aliphatic rings. The number of benzene rings is 3. The van der Waals surface area contributed by atoms with E-state index in [9.17, 15) is 13.2 Å². The van der Waals surface area contributed by atoms with Gasteiger partial charge in [0.05, 0.1) is 18.6 Å². The monoisotopic (exact) mass is 454 g/mol. The summed E-state index contributed by atoms with van der Waals surface area (Å²) >= 11 is 0. The van der Waals surface area contributed by atoms with Gasteiger partial charge in [0.1, 0.15) is 18.1 Å². The number of sulfonamides is 1. The Labute approximate surface area is 188 Å². The molecule has 0 bridgehead atoms. The van der Waals surface area contributed by atoms with Crippen LogP contribution in [0.2, 0.25) is 0 Å². The van der Waals surface area contributed by atoms with Crippen molar-refractivity contribution in [1.29, 1.82) is 0 Å². The van der Waals surface area contributed by atoms with Crippen molar-refractivity contribution in [3.8, 4) is 11.5 Å². The smallest absolute Gasteiger partial charge is 0.261 e. The molecule has 0 atom stereocenters. The highest BCUT2D eigenvalue weighted by Crippen LogP contribution is 2.20. The molecule has 3 rings (SSSR count). The lowest BCUT2D eigenvalue weighted by molar-refractivity contribution is 0.0773. The summed E-state index contributed by atoms with van der Waals surface area (Å²) in [6, 6.07) is 20.1. The number of likely N-dealkylation sites (N-methyl/N-ethyl adjacent to an activating group) is 1. The molecule has 1 amide bonds. The maximum Gasteiger partial charge on any atom is 0.261 e. The molecule has 168 valence electrons. The Balaban J connectivity index is 1.64. The van der Waals surface area contributed by atoms with E-state index in [0.717, 1.165) is 11.3 Å². The molecular weight excluding hydrogens is 428 g/mol. The lowest BCUT2D eigenvalue weighted by Gasteiger charge is -2.18. The SMILES string of the molecule is COc1ccc(NS(=O)(=O)c2cccc(C(=O)N(C)CCOc3cccc(C)c3)c2)cc1. The highest BCUT2D eigenvalue weighted by molar-refractivity contribution is 7.92. The molecule has 0 aliphatic carbocycles. The first-order valence-corrected chi connectivity index (χ1v) is 11.5. The van der Waals surface area contributed by atoms with E-state index in [1.54, 1.807) is 43.4 Å². The van der Waals surface area contributed by atoms with Crippen LogP contribution in [0.5, 0.6) is 11.5 Å². The van der Waals surface area contributed by atoms with Gasteiger partial charge in [-0.3, -0.25) is 9.52 Å². The van der Waals surface area contributed by atoms with Crippen molar-refractivity contribution in [2.75, 3.05) is 32.0 Å². The van der Waals surface area contributed by atoms with Crippen LogP contribution in [0, 0.1) is 6.92 Å². The molecule has 0 saturated heterocycles. The van der Waals surface area contributed by atoms with Crippen LogP contribution in [0.3, 0.4) is 0 Å². The van der Waals surface area contributed by atoms with E-state index in [4.69, 9.17) is 9.47 Å². The number of rotatable bonds is 9. The van der Waals surface area contributed by atoms with Gasteiger partial charge in [-0.05, 0) is 67.1 Å². The molecule has 8 heteroatoms. The molecule has 0 fully saturated rings. The summed E-state index contributed by atoms with van der Waals surface area (Å²) in [7, 11) is -0.671. The summed E-state index contributed by atoms with van der Waals surface area (Å²) in [6.45, 7) is 2.66. The third-order valence-corrected chi connectivity index (χ3v) is 6.14. The van der Waals surface area contributed by atoms with Gasteiger partial charge in [0.15, 0.2) is 0 Å². The number of nitrogens with one attached hydrogen (secondary N) is 1. The molecule has 7 nitrogen and oxygen atoms in total. The van der Waals surface area contributed by atoms with Gasteiger partial charge in [-0.15, -0.1) is 0 Å². The molecule has 3 aromatic rings. The number of ether oxygens (including phenoxy) is 2. The number of anilines is 1. The van der Waals surface area contributed by atoms with Crippen molar-refractivity contribution < 1.29 is 22.7 Å². The van der Waals surface area contributed by atoms with Gasteiger partial charge in [-0.2, -0.15) is 0 Å². The topological polar surface area (TPSA) is 84.9 Å². The number of carbonyl (C=O) groups is 1. The lowest BCUT2D eigenvalue weighted by Crippen LogP contribution is -2.31. The first-order chi connectivity index (χ1) is 15.3. The Kier molecular flexibility index (Phi) is 7.37. The van der Waals surface area contributed by atoms with E-state index in [0.29, 0.717) is 24.6 Å². The van der Waals surface area contributed by atoms with E-state index in [1.807, 2.05) is 31.2 Å². The molecule has 32 heavy (non-hydrogen) atoms. The largest absolute Gasteiger partial charge is 0.497 e. The number of methoxy groups -OCH3 is 1. The third-order valence-electron chi connectivity index (χ3n) is 4.77. The standard InChI is InChI=1S/C24H26N2O5S/c1-18-6-4-8-22(16-18)31-15-14-26(2)24(27)19-7-5-9-23(17-19)32(28,29)25-20-10-12-21(30-3)13-11-20/h4-13,16-17,25H,14-15H2,1-3H3. The lowest BCUT2D eigenvalue weighted by atomic mass is 10.2. The van der Waals surface area contributed by atoms with Crippen LogP contribution in [0.25, 0.3) is 0 Å². The molecule has 0 radical (unpaired) electrons. The van der Waals surface area contributed by atoms with Crippen LogP contribution in [0.15, 0.2) is 77.7 Å². The van der Waals surface area contributed by atoms with Crippen molar-refractivity contribution in [3.05, 3.63) is 83.9 Å². The van der Waals surface area contributed by atoms with Crippen LogP contribution in [-0.2, 0) is 10.0 Å². The Morgan fingerprint density at radius 2 is 1.69 bits per heavy atom. The second-order valence-corrected chi connectivity index (χ2v) is 8.94. The fraction of sp³-hybridized carbons (Fsp3) is 0.208. The summed E-state index contributed by atoms with van der Waals surface area (Å²) in [5, 5.41) is 0. The molecule has 0 saturated carbocycles. The zero-order valence-electron chi connectivity index (χ0n) is 18.2. The molecule has 0 aromatic heterocycles. The zero-order chi connectivity index (χ0) is 23.1. The number of hydrogen-bond donors (Lipinski definition) is 1. The van der Waals surface area contributed by atoms with Crippen LogP contribution in [0.1, 0.15) is 15.9 Å². The van der Waals surface area contributed by atoms with Crippen LogP contribution in [0.4, 0.5) is 5.69 Å². The summed E-state index contributed by atoms with van der Waals surface area (Å²) in [5.74, 6) is 1.07. The van der Waals surface area contributed by atoms with Gasteiger partial charge < -0.3 is 14.4 Å². The fourth-order valence-corrected chi connectivity index (χ4v) is 4.10. The summed E-state index contributed by atoms with van der Waals surface area (Å²) < 4.78 is 38.8. The Bertz CT molecular complexity index is 1180. The average Bonchev–Trinajstić information content (AvgIpc) is 2.79. The second-order valence-electron chi connectivity index (χ2n) is 7.25. The maximum atomic E-state index is 12.8. The van der Waals surface area contributed by atoms with Gasteiger partial charge in [-0.25, -0.2) is 8.42 Å². The molecule has 0 unspecified atom stereocenters. The number of carbonyl (C=O) groups excluding carboxylic acids is 1. The number of amides is 1. The van der Waals surface area contributed by atoms with Gasteiger partial charge in [0.2, 0.25) is 0 Å². The number of nitrogens with zero attached hydrogens (tertiary/aromatic N) is 1. The molecule has 0 aliphatic heterocycles. The summed E-state index contributed by atoms with van der Waals surface area (Å²) in [4.78, 5) is 14.3. The number of hydrogen-bond acceptors (Lipinski definition) is 5. The van der Waals surface area contributed by atoms with Crippen LogP contribution < -0.4 is 14.2 Å². The van der Waals surface area contributed by atoms with Crippen LogP contribution in [-0.4, -0.2) is 46.5 Å². The molecule has 0 heterocycles. The van der Waals surface area contributed by atoms with Gasteiger partial charge >= 0.3 is 0 Å². The van der Waals surface area contributed by atoms with E-state index in [2.05, 4.69) is 4.72 Å². The average molecular weight is 455 g/mol.